The molecule has 9 nitrogen and oxygen atoms in total. The van der Waals surface area contributed by atoms with Crippen LogP contribution in [0.2, 0.25) is 5.15 Å². The Bertz CT molecular complexity index is 1300. The lowest BCUT2D eigenvalue weighted by Crippen LogP contribution is -2.39. The first kappa shape index (κ1) is 20.2. The molecule has 0 aliphatic carbocycles. The van der Waals surface area contributed by atoms with Crippen molar-refractivity contribution in [2.75, 3.05) is 25.0 Å². The molecule has 5 rings (SSSR count). The van der Waals surface area contributed by atoms with Gasteiger partial charge in [0, 0.05) is 37.0 Å². The van der Waals surface area contributed by atoms with Crippen LogP contribution in [0.1, 0.15) is 42.5 Å². The molecule has 0 atom stereocenters. The monoisotopic (exact) mass is 451 g/mol. The number of nitrogens with zero attached hydrogens (tertiary/aromatic N) is 5. The maximum Gasteiger partial charge on any atom is 0.356 e. The van der Waals surface area contributed by atoms with E-state index in [4.69, 9.17) is 11.6 Å². The molecule has 162 valence electrons. The zero-order chi connectivity index (χ0) is 22.6. The van der Waals surface area contributed by atoms with E-state index in [1.807, 2.05) is 12.1 Å². The fourth-order valence-corrected chi connectivity index (χ4v) is 4.36. The summed E-state index contributed by atoms with van der Waals surface area (Å²) in [6.07, 6.45) is 1.05. The molecule has 0 fully saturated rings. The Kier molecular flexibility index (Phi) is 4.70. The SMILES string of the molecule is CN1CCc2ccc(N3CCc4c(C(=O)O)nn(-c5cccc(Cl)n5)c4C3=O)cc2C1=O. The minimum atomic E-state index is -1.22. The van der Waals surface area contributed by atoms with E-state index >= 15 is 0 Å². The van der Waals surface area contributed by atoms with Gasteiger partial charge in [-0.05, 0) is 42.7 Å². The number of benzene rings is 1. The quantitative estimate of drug-likeness (QED) is 0.613. The summed E-state index contributed by atoms with van der Waals surface area (Å²) in [5.41, 5.74) is 2.40. The van der Waals surface area contributed by atoms with Crippen molar-refractivity contribution < 1.29 is 19.5 Å². The normalized spacial score (nSPS) is 15.6. The Morgan fingerprint density at radius 2 is 1.91 bits per heavy atom. The van der Waals surface area contributed by atoms with E-state index in [2.05, 4.69) is 10.1 Å². The summed E-state index contributed by atoms with van der Waals surface area (Å²) in [7, 11) is 1.75. The van der Waals surface area contributed by atoms with Gasteiger partial charge < -0.3 is 14.9 Å². The van der Waals surface area contributed by atoms with Crippen LogP contribution in [-0.2, 0) is 12.8 Å². The zero-order valence-corrected chi connectivity index (χ0v) is 17.8. The molecule has 0 saturated heterocycles. The number of amides is 2. The summed E-state index contributed by atoms with van der Waals surface area (Å²) in [6.45, 7) is 0.921. The van der Waals surface area contributed by atoms with Crippen LogP contribution in [0.4, 0.5) is 5.69 Å². The molecule has 1 aromatic carbocycles. The summed E-state index contributed by atoms with van der Waals surface area (Å²) in [6, 6.07) is 10.2. The maximum absolute atomic E-state index is 13.6. The fraction of sp³-hybridized carbons (Fsp3) is 0.227. The highest BCUT2D eigenvalue weighted by molar-refractivity contribution is 6.29. The van der Waals surface area contributed by atoms with Gasteiger partial charge in [-0.25, -0.2) is 14.5 Å². The van der Waals surface area contributed by atoms with E-state index in [1.165, 1.54) is 4.68 Å². The molecule has 0 radical (unpaired) electrons. The van der Waals surface area contributed by atoms with E-state index < -0.39 is 11.9 Å². The van der Waals surface area contributed by atoms with Crippen molar-refractivity contribution in [1.29, 1.82) is 0 Å². The number of likely N-dealkylation sites (N-methyl/N-ethyl adjacent to an activating group) is 1. The van der Waals surface area contributed by atoms with Crippen molar-refractivity contribution >= 4 is 35.1 Å². The van der Waals surface area contributed by atoms with Gasteiger partial charge in [0.25, 0.3) is 11.8 Å². The summed E-state index contributed by atoms with van der Waals surface area (Å²) in [4.78, 5) is 45.3. The topological polar surface area (TPSA) is 109 Å². The minimum Gasteiger partial charge on any atom is -0.476 e. The van der Waals surface area contributed by atoms with Crippen LogP contribution in [0.3, 0.4) is 0 Å². The molecule has 0 unspecified atom stereocenters. The van der Waals surface area contributed by atoms with Gasteiger partial charge in [-0.2, -0.15) is 5.10 Å². The molecule has 3 aromatic rings. The largest absolute Gasteiger partial charge is 0.476 e. The first-order valence-electron chi connectivity index (χ1n) is 10.0. The number of hydrogen-bond donors (Lipinski definition) is 1. The Morgan fingerprint density at radius 1 is 1.09 bits per heavy atom. The van der Waals surface area contributed by atoms with Crippen LogP contribution in [-0.4, -0.2) is 62.7 Å². The van der Waals surface area contributed by atoms with Crippen molar-refractivity contribution in [1.82, 2.24) is 19.7 Å². The second-order valence-electron chi connectivity index (χ2n) is 7.74. The van der Waals surface area contributed by atoms with Gasteiger partial charge in [-0.1, -0.05) is 23.7 Å². The lowest BCUT2D eigenvalue weighted by Gasteiger charge is -2.30. The number of hydrogen-bond acceptors (Lipinski definition) is 5. The Balaban J connectivity index is 1.61. The number of rotatable bonds is 3. The number of anilines is 1. The van der Waals surface area contributed by atoms with E-state index in [-0.39, 0.29) is 34.8 Å². The van der Waals surface area contributed by atoms with Crippen LogP contribution in [0.15, 0.2) is 36.4 Å². The third-order valence-electron chi connectivity index (χ3n) is 5.84. The highest BCUT2D eigenvalue weighted by Gasteiger charge is 2.36. The number of carbonyl (C=O) groups excluding carboxylic acids is 2. The first-order chi connectivity index (χ1) is 15.3. The number of carbonyl (C=O) groups is 3. The second kappa shape index (κ2) is 7.45. The van der Waals surface area contributed by atoms with Crippen molar-refractivity contribution in [3.63, 3.8) is 0 Å². The first-order valence-corrected chi connectivity index (χ1v) is 10.4. The lowest BCUT2D eigenvalue weighted by atomic mass is 9.97. The highest BCUT2D eigenvalue weighted by Crippen LogP contribution is 2.31. The average molecular weight is 452 g/mol. The Hall–Kier alpha value is -3.72. The van der Waals surface area contributed by atoms with Crippen LogP contribution in [0.5, 0.6) is 0 Å². The number of carboxylic acid groups (broad SMARTS) is 1. The van der Waals surface area contributed by atoms with Gasteiger partial charge in [-0.3, -0.25) is 9.59 Å². The van der Waals surface area contributed by atoms with Crippen molar-refractivity contribution in [2.45, 2.75) is 12.8 Å². The van der Waals surface area contributed by atoms with E-state index in [0.717, 1.165) is 12.0 Å². The standard InChI is InChI=1S/C22H18ClN5O4/c1-26-9-7-12-5-6-13(11-15(12)20(26)29)27-10-8-14-18(22(31)32)25-28(19(14)21(27)30)17-4-2-3-16(23)24-17/h2-6,11H,7-10H2,1H3,(H,31,32). The minimum absolute atomic E-state index is 0.0837. The molecule has 1 N–H and O–H groups in total. The van der Waals surface area contributed by atoms with Gasteiger partial charge in [0.2, 0.25) is 0 Å². The number of halogens is 1. The Labute approximate surface area is 187 Å². The molecule has 0 spiro atoms. The molecule has 0 saturated carbocycles. The van der Waals surface area contributed by atoms with Crippen molar-refractivity contribution in [3.05, 3.63) is 69.6 Å². The molecule has 10 heteroatoms. The average Bonchev–Trinajstić information content (AvgIpc) is 3.17. The van der Waals surface area contributed by atoms with Crippen LogP contribution < -0.4 is 4.90 Å². The smallest absolute Gasteiger partial charge is 0.356 e. The summed E-state index contributed by atoms with van der Waals surface area (Å²) >= 11 is 6.00. The van der Waals surface area contributed by atoms with Crippen molar-refractivity contribution in [2.24, 2.45) is 0 Å². The Morgan fingerprint density at radius 3 is 2.66 bits per heavy atom. The van der Waals surface area contributed by atoms with E-state index in [0.29, 0.717) is 29.8 Å². The molecule has 0 bridgehead atoms. The van der Waals surface area contributed by atoms with E-state index in [9.17, 15) is 19.5 Å². The molecule has 2 amide bonds. The predicted octanol–water partition coefficient (Wildman–Crippen LogP) is 2.45. The summed E-state index contributed by atoms with van der Waals surface area (Å²) < 4.78 is 1.23. The molecule has 32 heavy (non-hydrogen) atoms. The third-order valence-corrected chi connectivity index (χ3v) is 6.05. The van der Waals surface area contributed by atoms with Gasteiger partial charge >= 0.3 is 5.97 Å². The predicted molar refractivity (Wildman–Crippen MR) is 116 cm³/mol. The maximum atomic E-state index is 13.6. The van der Waals surface area contributed by atoms with Gasteiger partial charge in [0.1, 0.15) is 10.8 Å². The van der Waals surface area contributed by atoms with Crippen LogP contribution >= 0.6 is 11.6 Å². The number of aromatic carboxylic acids is 1. The van der Waals surface area contributed by atoms with Gasteiger partial charge in [-0.15, -0.1) is 0 Å². The molecule has 4 heterocycles. The van der Waals surface area contributed by atoms with Crippen LogP contribution in [0.25, 0.3) is 5.82 Å². The van der Waals surface area contributed by atoms with Gasteiger partial charge in [0.15, 0.2) is 11.5 Å². The fourth-order valence-electron chi connectivity index (χ4n) is 4.20. The molecule has 2 aliphatic heterocycles. The highest BCUT2D eigenvalue weighted by atomic mass is 35.5. The number of pyridine rings is 1. The molecular formula is C22H18ClN5O4. The molecule has 2 aliphatic rings. The molecule has 2 aromatic heterocycles. The third kappa shape index (κ3) is 3.13. The molecular weight excluding hydrogens is 434 g/mol. The second-order valence-corrected chi connectivity index (χ2v) is 8.12. The van der Waals surface area contributed by atoms with E-state index in [1.54, 1.807) is 41.1 Å². The summed E-state index contributed by atoms with van der Waals surface area (Å²) in [5, 5.41) is 14.0. The summed E-state index contributed by atoms with van der Waals surface area (Å²) in [5.74, 6) is -1.46. The van der Waals surface area contributed by atoms with Crippen LogP contribution in [0, 0.1) is 0 Å². The number of aromatic nitrogens is 3. The zero-order valence-electron chi connectivity index (χ0n) is 17.1. The number of fused-ring (bicyclic) bond motifs is 2. The lowest BCUT2D eigenvalue weighted by molar-refractivity contribution is 0.0688. The van der Waals surface area contributed by atoms with Gasteiger partial charge in [0.05, 0.1) is 0 Å². The number of carboxylic acids is 1. The van der Waals surface area contributed by atoms with Crippen molar-refractivity contribution in [3.8, 4) is 5.82 Å².